The van der Waals surface area contributed by atoms with Gasteiger partial charge in [0, 0.05) is 19.3 Å². The van der Waals surface area contributed by atoms with Crippen molar-refractivity contribution in [1.29, 1.82) is 5.26 Å². The molecule has 98 valence electrons. The number of aromatic nitrogens is 1. The lowest BCUT2D eigenvalue weighted by molar-refractivity contribution is 0.0185. The number of nitriles is 1. The minimum atomic E-state index is -0.167. The third kappa shape index (κ3) is 3.71. The van der Waals surface area contributed by atoms with Crippen molar-refractivity contribution >= 4 is 5.82 Å². The van der Waals surface area contributed by atoms with Gasteiger partial charge in [-0.3, -0.25) is 0 Å². The Morgan fingerprint density at radius 3 is 2.67 bits per heavy atom. The lowest BCUT2D eigenvalue weighted by atomic mass is 10.1. The van der Waals surface area contributed by atoms with E-state index in [4.69, 9.17) is 10.00 Å². The van der Waals surface area contributed by atoms with E-state index in [0.717, 1.165) is 24.2 Å². The molecular formula is C14H21N3O. The number of ether oxygens (including phenoxy) is 1. The Bertz CT molecular complexity index is 461. The number of anilines is 1. The van der Waals surface area contributed by atoms with Crippen LogP contribution in [0.25, 0.3) is 0 Å². The summed E-state index contributed by atoms with van der Waals surface area (Å²) in [7, 11) is 1.70. The van der Waals surface area contributed by atoms with Crippen LogP contribution in [-0.4, -0.2) is 24.2 Å². The monoisotopic (exact) mass is 247 g/mol. The maximum Gasteiger partial charge on any atom is 0.144 e. The first-order chi connectivity index (χ1) is 8.39. The van der Waals surface area contributed by atoms with E-state index in [1.165, 1.54) is 0 Å². The zero-order valence-electron chi connectivity index (χ0n) is 11.8. The number of rotatable bonds is 5. The van der Waals surface area contributed by atoms with Gasteiger partial charge < -0.3 is 10.1 Å². The van der Waals surface area contributed by atoms with Crippen molar-refractivity contribution in [2.75, 3.05) is 19.0 Å². The van der Waals surface area contributed by atoms with Crippen molar-refractivity contribution in [1.82, 2.24) is 4.98 Å². The van der Waals surface area contributed by atoms with Gasteiger partial charge in [-0.1, -0.05) is 0 Å². The van der Waals surface area contributed by atoms with E-state index in [-0.39, 0.29) is 5.60 Å². The Morgan fingerprint density at radius 2 is 2.11 bits per heavy atom. The molecule has 0 amide bonds. The highest BCUT2D eigenvalue weighted by Crippen LogP contribution is 2.18. The second kappa shape index (κ2) is 5.83. The molecule has 0 aliphatic rings. The Hall–Kier alpha value is -1.60. The maximum absolute atomic E-state index is 9.08. The van der Waals surface area contributed by atoms with Crippen molar-refractivity contribution in [3.63, 3.8) is 0 Å². The zero-order valence-corrected chi connectivity index (χ0v) is 11.8. The number of hydrogen-bond acceptors (Lipinski definition) is 4. The highest BCUT2D eigenvalue weighted by atomic mass is 16.5. The second-order valence-corrected chi connectivity index (χ2v) is 5.04. The molecule has 4 heteroatoms. The fourth-order valence-electron chi connectivity index (χ4n) is 1.51. The van der Waals surface area contributed by atoms with E-state index < -0.39 is 0 Å². The molecule has 0 atom stereocenters. The molecule has 0 radical (unpaired) electrons. The minimum absolute atomic E-state index is 0.167. The average Bonchev–Trinajstić information content (AvgIpc) is 2.33. The molecule has 18 heavy (non-hydrogen) atoms. The van der Waals surface area contributed by atoms with Crippen molar-refractivity contribution in [2.45, 2.75) is 39.7 Å². The maximum atomic E-state index is 9.08. The molecule has 0 aliphatic heterocycles. The van der Waals surface area contributed by atoms with Crippen molar-refractivity contribution < 1.29 is 4.74 Å². The third-order valence-electron chi connectivity index (χ3n) is 3.16. The van der Waals surface area contributed by atoms with Crippen LogP contribution in [0.15, 0.2) is 6.07 Å². The van der Waals surface area contributed by atoms with Gasteiger partial charge in [-0.15, -0.1) is 0 Å². The highest BCUT2D eigenvalue weighted by Gasteiger charge is 2.16. The zero-order chi connectivity index (χ0) is 13.8. The summed E-state index contributed by atoms with van der Waals surface area (Å²) >= 11 is 0. The molecule has 0 saturated heterocycles. The Labute approximate surface area is 109 Å². The Morgan fingerprint density at radius 1 is 1.44 bits per heavy atom. The van der Waals surface area contributed by atoms with Crippen LogP contribution in [0, 0.1) is 25.2 Å². The van der Waals surface area contributed by atoms with Crippen LogP contribution in [0.2, 0.25) is 0 Å². The van der Waals surface area contributed by atoms with Gasteiger partial charge in [-0.2, -0.15) is 5.26 Å². The molecule has 1 aromatic heterocycles. The molecule has 1 rings (SSSR count). The lowest BCUT2D eigenvalue weighted by Gasteiger charge is -2.23. The van der Waals surface area contributed by atoms with E-state index in [9.17, 15) is 0 Å². The SMILES string of the molecule is COC(C)(C)CCNc1nc(C)c(C)cc1C#N. The van der Waals surface area contributed by atoms with Gasteiger partial charge in [-0.05, 0) is 45.7 Å². The van der Waals surface area contributed by atoms with Gasteiger partial charge >= 0.3 is 0 Å². The summed E-state index contributed by atoms with van der Waals surface area (Å²) in [5, 5.41) is 12.3. The van der Waals surface area contributed by atoms with E-state index in [2.05, 4.69) is 16.4 Å². The van der Waals surface area contributed by atoms with E-state index in [0.29, 0.717) is 11.4 Å². The predicted molar refractivity (Wildman–Crippen MR) is 72.6 cm³/mol. The normalized spacial score (nSPS) is 11.1. The van der Waals surface area contributed by atoms with Crippen LogP contribution < -0.4 is 5.32 Å². The van der Waals surface area contributed by atoms with Crippen molar-refractivity contribution in [2.24, 2.45) is 0 Å². The Balaban J connectivity index is 2.74. The van der Waals surface area contributed by atoms with Crippen LogP contribution in [-0.2, 0) is 4.74 Å². The summed E-state index contributed by atoms with van der Waals surface area (Å²) < 4.78 is 5.35. The molecule has 0 bridgehead atoms. The summed E-state index contributed by atoms with van der Waals surface area (Å²) in [6.45, 7) is 8.70. The van der Waals surface area contributed by atoms with E-state index in [1.54, 1.807) is 7.11 Å². The summed E-state index contributed by atoms with van der Waals surface area (Å²) in [5.41, 5.74) is 2.41. The van der Waals surface area contributed by atoms with Crippen LogP contribution >= 0.6 is 0 Å². The molecule has 0 aliphatic carbocycles. The van der Waals surface area contributed by atoms with Gasteiger partial charge in [-0.25, -0.2) is 4.98 Å². The third-order valence-corrected chi connectivity index (χ3v) is 3.16. The largest absolute Gasteiger partial charge is 0.379 e. The molecule has 1 aromatic rings. The standard InChI is InChI=1S/C14H21N3O/c1-10-8-12(9-15)13(17-11(10)2)16-7-6-14(3,4)18-5/h8H,6-7H2,1-5H3,(H,16,17). The second-order valence-electron chi connectivity index (χ2n) is 5.04. The smallest absolute Gasteiger partial charge is 0.144 e. The molecule has 0 fully saturated rings. The molecule has 1 N–H and O–H groups in total. The quantitative estimate of drug-likeness (QED) is 0.869. The first-order valence-electron chi connectivity index (χ1n) is 6.07. The minimum Gasteiger partial charge on any atom is -0.379 e. The van der Waals surface area contributed by atoms with E-state index in [1.807, 2.05) is 33.8 Å². The van der Waals surface area contributed by atoms with Gasteiger partial charge in [0.2, 0.25) is 0 Å². The molecule has 4 nitrogen and oxygen atoms in total. The summed E-state index contributed by atoms with van der Waals surface area (Å²) in [6.07, 6.45) is 0.850. The average molecular weight is 247 g/mol. The molecule has 0 spiro atoms. The molecule has 0 unspecified atom stereocenters. The van der Waals surface area contributed by atoms with Crippen LogP contribution in [0.1, 0.15) is 37.1 Å². The van der Waals surface area contributed by atoms with Crippen molar-refractivity contribution in [3.05, 3.63) is 22.9 Å². The number of nitrogens with zero attached hydrogens (tertiary/aromatic N) is 2. The number of aryl methyl sites for hydroxylation is 2. The topological polar surface area (TPSA) is 57.9 Å². The summed E-state index contributed by atoms with van der Waals surface area (Å²) in [4.78, 5) is 4.41. The predicted octanol–water partition coefficient (Wildman–Crippen LogP) is 2.80. The fraction of sp³-hybridized carbons (Fsp3) is 0.571. The van der Waals surface area contributed by atoms with Crippen LogP contribution in [0.5, 0.6) is 0 Å². The number of hydrogen-bond donors (Lipinski definition) is 1. The van der Waals surface area contributed by atoms with Gasteiger partial charge in [0.25, 0.3) is 0 Å². The lowest BCUT2D eigenvalue weighted by Crippen LogP contribution is -2.26. The van der Waals surface area contributed by atoms with Gasteiger partial charge in [0.1, 0.15) is 11.9 Å². The molecule has 0 aromatic carbocycles. The van der Waals surface area contributed by atoms with E-state index >= 15 is 0 Å². The van der Waals surface area contributed by atoms with Gasteiger partial charge in [0.15, 0.2) is 0 Å². The number of pyridine rings is 1. The molecular weight excluding hydrogens is 226 g/mol. The van der Waals surface area contributed by atoms with Gasteiger partial charge in [0.05, 0.1) is 11.2 Å². The first kappa shape index (κ1) is 14.5. The fourth-order valence-corrected chi connectivity index (χ4v) is 1.51. The van der Waals surface area contributed by atoms with Crippen molar-refractivity contribution in [3.8, 4) is 6.07 Å². The number of nitrogens with one attached hydrogen (secondary N) is 1. The van der Waals surface area contributed by atoms with Crippen LogP contribution in [0.4, 0.5) is 5.82 Å². The van der Waals surface area contributed by atoms with Crippen LogP contribution in [0.3, 0.4) is 0 Å². The number of methoxy groups -OCH3 is 1. The summed E-state index contributed by atoms with van der Waals surface area (Å²) in [6, 6.07) is 4.04. The Kier molecular flexibility index (Phi) is 4.69. The summed E-state index contributed by atoms with van der Waals surface area (Å²) in [5.74, 6) is 0.660. The molecule has 0 saturated carbocycles. The molecule has 1 heterocycles. The highest BCUT2D eigenvalue weighted by molar-refractivity contribution is 5.53. The first-order valence-corrected chi connectivity index (χ1v) is 6.07.